The minimum Gasteiger partial charge on any atom is -0.785 e. The average molecular weight is 639 g/mol. The van der Waals surface area contributed by atoms with Crippen molar-refractivity contribution in [3.63, 3.8) is 0 Å². The number of thiazole rings is 1. The summed E-state index contributed by atoms with van der Waals surface area (Å²) in [5, 5.41) is 14.7. The summed E-state index contributed by atoms with van der Waals surface area (Å²) in [6.07, 6.45) is 0.449. The number of carbonyl (C=O) groups is 2. The molecule has 41 heavy (non-hydrogen) atoms. The van der Waals surface area contributed by atoms with E-state index in [1.807, 2.05) is 6.92 Å². The van der Waals surface area contributed by atoms with Gasteiger partial charge in [0.15, 0.2) is 5.01 Å². The highest BCUT2D eigenvalue weighted by Gasteiger charge is 2.40. The number of rotatable bonds is 5. The molecular weight excluding hydrogens is 610 g/mol. The number of halogens is 1. The molecule has 2 saturated heterocycles. The lowest BCUT2D eigenvalue weighted by Crippen LogP contribution is -2.58. The number of thiophene rings is 1. The molecule has 2 fully saturated rings. The van der Waals surface area contributed by atoms with Crippen LogP contribution < -0.4 is 0 Å². The Hall–Kier alpha value is -2.17. The van der Waals surface area contributed by atoms with Crippen molar-refractivity contribution >= 4 is 66.2 Å². The highest BCUT2D eigenvalue weighted by atomic mass is 35.5. The summed E-state index contributed by atoms with van der Waals surface area (Å²) in [5.41, 5.74) is 0.755. The van der Waals surface area contributed by atoms with E-state index in [1.54, 1.807) is 34.1 Å². The molecule has 3 aromatic rings. The largest absolute Gasteiger partial charge is 0.785 e. The van der Waals surface area contributed by atoms with Crippen LogP contribution in [0.15, 0.2) is 28.5 Å². The molecule has 15 heteroatoms. The average Bonchev–Trinajstić information content (AvgIpc) is 3.57. The van der Waals surface area contributed by atoms with Gasteiger partial charge in [0.2, 0.25) is 5.91 Å². The third-order valence-corrected chi connectivity index (χ3v) is 12.5. The van der Waals surface area contributed by atoms with E-state index in [2.05, 4.69) is 4.98 Å². The van der Waals surface area contributed by atoms with Crippen LogP contribution in [0.2, 0.25) is 5.02 Å². The van der Waals surface area contributed by atoms with E-state index in [0.717, 1.165) is 37.1 Å². The molecule has 6 rings (SSSR count). The van der Waals surface area contributed by atoms with Crippen molar-refractivity contribution in [1.29, 1.82) is 0 Å². The van der Waals surface area contributed by atoms with Crippen LogP contribution >= 0.6 is 34.3 Å². The first-order valence-electron chi connectivity index (χ1n) is 13.4. The molecule has 0 N–H and O–H groups in total. The number of piperazine rings is 1. The van der Waals surface area contributed by atoms with Crippen LogP contribution in [0.1, 0.15) is 33.7 Å². The van der Waals surface area contributed by atoms with E-state index in [0.29, 0.717) is 37.7 Å². The number of ether oxygens (including phenoxy) is 1. The van der Waals surface area contributed by atoms with Gasteiger partial charge in [-0.1, -0.05) is 24.6 Å². The third kappa shape index (κ3) is 5.76. The predicted octanol–water partition coefficient (Wildman–Crippen LogP) is 3.02. The summed E-state index contributed by atoms with van der Waals surface area (Å²) in [5.74, 6) is -0.496. The number of morpholine rings is 1. The molecule has 11 nitrogen and oxygen atoms in total. The van der Waals surface area contributed by atoms with Crippen LogP contribution in [0.5, 0.6) is 0 Å². The Balaban J connectivity index is 1.27. The predicted molar refractivity (Wildman–Crippen MR) is 157 cm³/mol. The highest BCUT2D eigenvalue weighted by molar-refractivity contribution is 7.91. The van der Waals surface area contributed by atoms with Gasteiger partial charge in [0.25, 0.3) is 15.9 Å². The quantitative estimate of drug-likeness (QED) is 0.418. The van der Waals surface area contributed by atoms with E-state index >= 15 is 0 Å². The zero-order valence-electron chi connectivity index (χ0n) is 22.3. The third-order valence-electron chi connectivity index (χ3n) is 7.78. The van der Waals surface area contributed by atoms with Crippen molar-refractivity contribution < 1.29 is 22.7 Å². The SMILES string of the molecule is CC1Cc2nc(C(=O)N3CCN(S(=O)(=O)c4cc5ccc(Cl)cc5s4)CC3CC(=O)N3CCOCC3)sc2CN1[O-]. The number of nitrogens with zero attached hydrogens (tertiary/aromatic N) is 5. The standard InChI is InChI=1S/C26H29ClN5O6S3/c1-16-10-20-22(15-32(16)35)40-25(28-20)26(34)31-5-4-30(14-19(31)13-23(33)29-6-8-38-9-7-29)41(36,37)24-11-17-2-3-18(27)12-21(17)39-24/h2-3,11-12,16,19H,4-10,13-15H2,1H3/q-1. The summed E-state index contributed by atoms with van der Waals surface area (Å²) in [6, 6.07) is 5.98. The van der Waals surface area contributed by atoms with Gasteiger partial charge in [0, 0.05) is 72.8 Å². The lowest BCUT2D eigenvalue weighted by atomic mass is 10.1. The first kappa shape index (κ1) is 28.9. The van der Waals surface area contributed by atoms with Gasteiger partial charge in [0.1, 0.15) is 4.21 Å². The summed E-state index contributed by atoms with van der Waals surface area (Å²) in [4.78, 5) is 35.7. The molecule has 2 atom stereocenters. The van der Waals surface area contributed by atoms with Gasteiger partial charge in [-0.3, -0.25) is 9.59 Å². The van der Waals surface area contributed by atoms with Crippen molar-refractivity contribution in [1.82, 2.24) is 24.2 Å². The van der Waals surface area contributed by atoms with Crippen LogP contribution in [0.3, 0.4) is 0 Å². The Morgan fingerprint density at radius 1 is 1.15 bits per heavy atom. The number of aromatic nitrogens is 1. The molecule has 5 heterocycles. The number of hydrogen-bond acceptors (Lipinski definition) is 10. The van der Waals surface area contributed by atoms with Gasteiger partial charge in [0.05, 0.1) is 24.9 Å². The van der Waals surface area contributed by atoms with Gasteiger partial charge < -0.3 is 24.8 Å². The van der Waals surface area contributed by atoms with Crippen molar-refractivity contribution in [2.75, 3.05) is 45.9 Å². The van der Waals surface area contributed by atoms with E-state index in [4.69, 9.17) is 16.3 Å². The van der Waals surface area contributed by atoms with E-state index in [-0.39, 0.29) is 59.7 Å². The number of hydrogen-bond donors (Lipinski definition) is 0. The molecule has 0 aliphatic carbocycles. The van der Waals surface area contributed by atoms with Crippen molar-refractivity contribution in [2.24, 2.45) is 0 Å². The molecule has 0 spiro atoms. The summed E-state index contributed by atoms with van der Waals surface area (Å²) < 4.78 is 35.2. The second kappa shape index (κ2) is 11.5. The van der Waals surface area contributed by atoms with E-state index in [1.165, 1.54) is 15.6 Å². The minimum atomic E-state index is -3.89. The molecule has 2 unspecified atom stereocenters. The normalized spacial score (nSPS) is 22.7. The fourth-order valence-electron chi connectivity index (χ4n) is 5.43. The van der Waals surface area contributed by atoms with Crippen LogP contribution in [0, 0.1) is 5.21 Å². The lowest BCUT2D eigenvalue weighted by Gasteiger charge is -2.41. The Morgan fingerprint density at radius 2 is 1.93 bits per heavy atom. The number of hydroxylamine groups is 2. The molecule has 0 bridgehead atoms. The van der Waals surface area contributed by atoms with Gasteiger partial charge in [-0.25, -0.2) is 13.4 Å². The molecule has 3 aliphatic heterocycles. The van der Waals surface area contributed by atoms with Crippen molar-refractivity contribution in [2.45, 2.75) is 42.6 Å². The van der Waals surface area contributed by atoms with Crippen LogP contribution in [-0.2, 0) is 32.5 Å². The van der Waals surface area contributed by atoms with Gasteiger partial charge >= 0.3 is 0 Å². The van der Waals surface area contributed by atoms with E-state index < -0.39 is 16.1 Å². The maximum absolute atomic E-state index is 13.8. The molecule has 0 saturated carbocycles. The van der Waals surface area contributed by atoms with Gasteiger partial charge in [-0.2, -0.15) is 4.31 Å². The molecule has 2 aromatic heterocycles. The first-order valence-corrected chi connectivity index (χ1v) is 16.8. The molecule has 2 amide bonds. The Kier molecular flexibility index (Phi) is 8.11. The van der Waals surface area contributed by atoms with E-state index in [9.17, 15) is 23.2 Å². The highest BCUT2D eigenvalue weighted by Crippen LogP contribution is 2.34. The number of amides is 2. The maximum Gasteiger partial charge on any atom is 0.283 e. The summed E-state index contributed by atoms with van der Waals surface area (Å²) in [7, 11) is -3.89. The Bertz CT molecular complexity index is 1560. The summed E-state index contributed by atoms with van der Waals surface area (Å²) in [6.45, 7) is 3.98. The van der Waals surface area contributed by atoms with Gasteiger partial charge in [-0.15, -0.1) is 22.7 Å². The molecule has 3 aliphatic rings. The maximum atomic E-state index is 13.8. The van der Waals surface area contributed by atoms with Crippen molar-refractivity contribution in [3.8, 4) is 0 Å². The number of benzene rings is 1. The number of carbonyl (C=O) groups excluding carboxylic acids is 2. The van der Waals surface area contributed by atoms with Crippen molar-refractivity contribution in [3.05, 3.63) is 50.1 Å². The monoisotopic (exact) mass is 638 g/mol. The molecule has 0 radical (unpaired) electrons. The lowest BCUT2D eigenvalue weighted by molar-refractivity contribution is -0.136. The zero-order valence-corrected chi connectivity index (χ0v) is 25.5. The van der Waals surface area contributed by atoms with Crippen LogP contribution in [0.4, 0.5) is 0 Å². The summed E-state index contributed by atoms with van der Waals surface area (Å²) >= 11 is 8.46. The fourth-order valence-corrected chi connectivity index (χ4v) is 9.76. The number of fused-ring (bicyclic) bond motifs is 2. The molecule has 220 valence electrons. The van der Waals surface area contributed by atoms with Crippen LogP contribution in [0.25, 0.3) is 10.1 Å². The second-order valence-corrected chi connectivity index (χ2v) is 15.2. The molecular formula is C26H29ClN5O6S3-. The number of sulfonamides is 1. The Morgan fingerprint density at radius 3 is 2.71 bits per heavy atom. The van der Waals surface area contributed by atoms with Crippen LogP contribution in [-0.4, -0.2) is 102 Å². The minimum absolute atomic E-state index is 0.0176. The zero-order chi connectivity index (χ0) is 28.9. The fraction of sp³-hybridized carbons (Fsp3) is 0.500. The Labute approximate surface area is 250 Å². The second-order valence-electron chi connectivity index (χ2n) is 10.5. The smallest absolute Gasteiger partial charge is 0.283 e. The molecule has 1 aromatic carbocycles. The van der Waals surface area contributed by atoms with Gasteiger partial charge in [-0.05, 0) is 23.6 Å². The topological polar surface area (TPSA) is 126 Å². The first-order chi connectivity index (χ1) is 19.6.